The first kappa shape index (κ1) is 30.9. The zero-order valence-corrected chi connectivity index (χ0v) is 25.1. The smallest absolute Gasteiger partial charge is 0.314 e. The van der Waals surface area contributed by atoms with E-state index in [1.165, 1.54) is 11.1 Å². The van der Waals surface area contributed by atoms with Gasteiger partial charge in [0.15, 0.2) is 0 Å². The number of halogens is 3. The molecule has 2 aromatic heterocycles. The molecule has 0 unspecified atom stereocenters. The van der Waals surface area contributed by atoms with Gasteiger partial charge in [-0.05, 0) is 67.6 Å². The normalized spacial score (nSPS) is 15.2. The molecule has 2 amide bonds. The van der Waals surface area contributed by atoms with Gasteiger partial charge in [0.05, 0.1) is 16.9 Å². The first-order valence-corrected chi connectivity index (χ1v) is 14.4. The van der Waals surface area contributed by atoms with Gasteiger partial charge in [0.25, 0.3) is 5.56 Å². The number of alkyl halides is 3. The minimum absolute atomic E-state index is 0.0115. The van der Waals surface area contributed by atoms with Gasteiger partial charge in [-0.1, -0.05) is 24.3 Å². The molecule has 0 radical (unpaired) electrons. The van der Waals surface area contributed by atoms with Crippen molar-refractivity contribution < 1.29 is 22.8 Å². The molecule has 0 fully saturated rings. The van der Waals surface area contributed by atoms with E-state index in [4.69, 9.17) is 0 Å². The number of anilines is 2. The van der Waals surface area contributed by atoms with E-state index in [-0.39, 0.29) is 49.1 Å². The zero-order valence-electron chi connectivity index (χ0n) is 25.1. The highest BCUT2D eigenvalue weighted by Gasteiger charge is 2.45. The highest BCUT2D eigenvalue weighted by Crippen LogP contribution is 2.39. The van der Waals surface area contributed by atoms with Crippen molar-refractivity contribution in [3.8, 4) is 0 Å². The Morgan fingerprint density at radius 3 is 2.41 bits per heavy atom. The second-order valence-corrected chi connectivity index (χ2v) is 11.5. The summed E-state index contributed by atoms with van der Waals surface area (Å²) in [4.78, 5) is 48.6. The molecule has 0 N–H and O–H groups in total. The van der Waals surface area contributed by atoms with E-state index >= 15 is 0 Å². The van der Waals surface area contributed by atoms with Gasteiger partial charge in [0, 0.05) is 63.7 Å². The van der Waals surface area contributed by atoms with E-state index in [2.05, 4.69) is 4.98 Å². The van der Waals surface area contributed by atoms with Crippen LogP contribution in [-0.4, -0.2) is 46.4 Å². The van der Waals surface area contributed by atoms with Gasteiger partial charge in [-0.15, -0.1) is 0 Å². The van der Waals surface area contributed by atoms with Gasteiger partial charge in [-0.25, -0.2) is 0 Å². The van der Waals surface area contributed by atoms with Gasteiger partial charge in [-0.2, -0.15) is 13.2 Å². The van der Waals surface area contributed by atoms with Crippen LogP contribution in [0, 0.1) is 5.41 Å². The molecule has 44 heavy (non-hydrogen) atoms. The van der Waals surface area contributed by atoms with E-state index in [1.807, 2.05) is 36.1 Å². The molecule has 4 aromatic rings. The third-order valence-electron chi connectivity index (χ3n) is 8.18. The number of carbonyl (C=O) groups excluding carboxylic acids is 2. The minimum atomic E-state index is -4.56. The van der Waals surface area contributed by atoms with E-state index < -0.39 is 17.2 Å². The van der Waals surface area contributed by atoms with Gasteiger partial charge in [0.1, 0.15) is 5.41 Å². The van der Waals surface area contributed by atoms with E-state index in [1.54, 1.807) is 60.8 Å². The Bertz CT molecular complexity index is 1780. The first-order chi connectivity index (χ1) is 20.8. The lowest BCUT2D eigenvalue weighted by Crippen LogP contribution is -2.47. The Kier molecular flexibility index (Phi) is 8.35. The maximum Gasteiger partial charge on any atom is 0.416 e. The third-order valence-corrected chi connectivity index (χ3v) is 8.18. The number of fused-ring (bicyclic) bond motifs is 2. The molecule has 11 heteroatoms. The molecule has 2 aromatic carbocycles. The van der Waals surface area contributed by atoms with Crippen LogP contribution in [0.15, 0.2) is 78.0 Å². The van der Waals surface area contributed by atoms with Crippen LogP contribution in [-0.2, 0) is 35.4 Å². The van der Waals surface area contributed by atoms with E-state index in [9.17, 15) is 27.6 Å². The lowest BCUT2D eigenvalue weighted by molar-refractivity contribution is -0.139. The molecule has 0 saturated heterocycles. The summed E-state index contributed by atoms with van der Waals surface area (Å²) >= 11 is 0. The Balaban J connectivity index is 1.50. The predicted molar refractivity (Wildman–Crippen MR) is 163 cm³/mol. The van der Waals surface area contributed by atoms with Gasteiger partial charge >= 0.3 is 6.18 Å². The van der Waals surface area contributed by atoms with Crippen molar-refractivity contribution in [2.75, 3.05) is 29.9 Å². The van der Waals surface area contributed by atoms with Gasteiger partial charge < -0.3 is 14.4 Å². The van der Waals surface area contributed by atoms with Crippen LogP contribution in [0.5, 0.6) is 0 Å². The summed E-state index contributed by atoms with van der Waals surface area (Å²) in [5.41, 5.74) is -0.353. The molecule has 0 bridgehead atoms. The second-order valence-electron chi connectivity index (χ2n) is 11.5. The first-order valence-electron chi connectivity index (χ1n) is 14.4. The number of amides is 2. The Morgan fingerprint density at radius 2 is 1.68 bits per heavy atom. The monoisotopic (exact) mass is 605 g/mol. The maximum atomic E-state index is 13.9. The lowest BCUT2D eigenvalue weighted by Gasteiger charge is -2.27. The average molecular weight is 606 g/mol. The molecule has 0 saturated carbocycles. The molecule has 0 aliphatic carbocycles. The topological polar surface area (TPSA) is 78.8 Å². The number of carbonyl (C=O) groups is 2. The van der Waals surface area contributed by atoms with Crippen LogP contribution < -0.4 is 15.4 Å². The van der Waals surface area contributed by atoms with E-state index in [0.29, 0.717) is 23.3 Å². The molecule has 230 valence electrons. The van der Waals surface area contributed by atoms with Crippen molar-refractivity contribution in [1.82, 2.24) is 14.5 Å². The Morgan fingerprint density at radius 1 is 0.932 bits per heavy atom. The summed E-state index contributed by atoms with van der Waals surface area (Å²) in [6.45, 7) is 6.03. The molecule has 1 aliphatic rings. The van der Waals surface area contributed by atoms with Crippen molar-refractivity contribution >= 4 is 34.0 Å². The standard InChI is InChI=1S/C33H34F3N5O3/c1-5-41-27-11-10-22(18-28(27)38(4)30(43)32(2,3)31(41)44)20-39(21-24-19-37-14-12-26(24)33(34,35)36)16-17-40-15-13-23-8-6-7-9-25(23)29(40)42/h6-15,18-19H,5,16-17,20-21H2,1-4H3. The predicted octanol–water partition coefficient (Wildman–Crippen LogP) is 5.47. The SMILES string of the molecule is CCN1C(=O)C(C)(C)C(=O)N(C)c2cc(CN(CCn3ccc4ccccc4c3=O)Cc3cnccc3C(F)(F)F)ccc21. The van der Waals surface area contributed by atoms with Crippen LogP contribution in [0.4, 0.5) is 24.5 Å². The zero-order chi connectivity index (χ0) is 31.8. The molecular weight excluding hydrogens is 571 g/mol. The minimum Gasteiger partial charge on any atom is -0.314 e. The van der Waals surface area contributed by atoms with Crippen LogP contribution in [0.3, 0.4) is 0 Å². The molecule has 3 heterocycles. The van der Waals surface area contributed by atoms with Crippen molar-refractivity contribution in [3.63, 3.8) is 0 Å². The van der Waals surface area contributed by atoms with Crippen molar-refractivity contribution in [3.05, 3.63) is 100 Å². The lowest BCUT2D eigenvalue weighted by atomic mass is 9.90. The highest BCUT2D eigenvalue weighted by atomic mass is 19.4. The summed E-state index contributed by atoms with van der Waals surface area (Å²) in [6.07, 6.45) is -0.536. The quantitative estimate of drug-likeness (QED) is 0.249. The Labute approximate surface area is 253 Å². The summed E-state index contributed by atoms with van der Waals surface area (Å²) < 4.78 is 43.2. The van der Waals surface area contributed by atoms with E-state index in [0.717, 1.165) is 23.2 Å². The third kappa shape index (κ3) is 5.84. The molecular formula is C33H34F3N5O3. The average Bonchev–Trinajstić information content (AvgIpc) is 3.04. The summed E-state index contributed by atoms with van der Waals surface area (Å²) in [5.74, 6) is -0.656. The van der Waals surface area contributed by atoms with Crippen LogP contribution in [0.1, 0.15) is 37.5 Å². The number of pyridine rings is 2. The van der Waals surface area contributed by atoms with Gasteiger partial charge in [0.2, 0.25) is 11.8 Å². The summed E-state index contributed by atoms with van der Waals surface area (Å²) in [7, 11) is 1.62. The molecule has 0 atom stereocenters. The highest BCUT2D eigenvalue weighted by molar-refractivity contribution is 6.19. The van der Waals surface area contributed by atoms with Crippen molar-refractivity contribution in [2.45, 2.75) is 46.6 Å². The van der Waals surface area contributed by atoms with Crippen LogP contribution in [0.25, 0.3) is 10.8 Å². The summed E-state index contributed by atoms with van der Waals surface area (Å²) in [5, 5.41) is 1.37. The number of rotatable bonds is 8. The molecule has 0 spiro atoms. The molecule has 5 rings (SSSR count). The molecule has 1 aliphatic heterocycles. The maximum absolute atomic E-state index is 13.9. The van der Waals surface area contributed by atoms with Crippen molar-refractivity contribution in [2.24, 2.45) is 5.41 Å². The second kappa shape index (κ2) is 11.9. The van der Waals surface area contributed by atoms with Gasteiger partial charge in [-0.3, -0.25) is 24.3 Å². The van der Waals surface area contributed by atoms with Crippen molar-refractivity contribution in [1.29, 1.82) is 0 Å². The van der Waals surface area contributed by atoms with Crippen LogP contribution >= 0.6 is 0 Å². The fraction of sp³-hybridized carbons (Fsp3) is 0.333. The fourth-order valence-corrected chi connectivity index (χ4v) is 5.74. The number of hydrogen-bond donors (Lipinski definition) is 0. The fourth-order valence-electron chi connectivity index (χ4n) is 5.74. The number of benzene rings is 2. The summed E-state index contributed by atoms with van der Waals surface area (Å²) in [6, 6.07) is 15.4. The van der Waals surface area contributed by atoms with Crippen LogP contribution in [0.2, 0.25) is 0 Å². The largest absolute Gasteiger partial charge is 0.416 e. The number of hydrogen-bond acceptors (Lipinski definition) is 5. The molecule has 8 nitrogen and oxygen atoms in total. The Hall–Kier alpha value is -4.51. The number of aromatic nitrogens is 2. The number of nitrogens with zero attached hydrogens (tertiary/aromatic N) is 5.